The van der Waals surface area contributed by atoms with E-state index in [1.54, 1.807) is 6.08 Å². The molecule has 1 fully saturated rings. The van der Waals surface area contributed by atoms with Crippen LogP contribution in [-0.2, 0) is 4.79 Å². The molecule has 1 unspecified atom stereocenters. The number of rotatable bonds is 4. The summed E-state index contributed by atoms with van der Waals surface area (Å²) in [5.41, 5.74) is 0. The van der Waals surface area contributed by atoms with Gasteiger partial charge in [-0.05, 0) is 39.3 Å². The molecule has 90 valence electrons. The maximum absolute atomic E-state index is 11.8. The second-order valence-corrected chi connectivity index (χ2v) is 4.24. The van der Waals surface area contributed by atoms with Crippen molar-refractivity contribution >= 4 is 5.91 Å². The largest absolute Gasteiger partial charge is 0.339 e. The SMILES string of the molecule is CC=CC=CC(=O)N1CCCC(CNC)C1. The van der Waals surface area contributed by atoms with Gasteiger partial charge in [0.05, 0.1) is 0 Å². The number of nitrogens with zero attached hydrogens (tertiary/aromatic N) is 1. The van der Waals surface area contributed by atoms with E-state index in [9.17, 15) is 4.79 Å². The Balaban J connectivity index is 2.43. The number of amides is 1. The number of hydrogen-bond acceptors (Lipinski definition) is 2. The van der Waals surface area contributed by atoms with E-state index in [0.717, 1.165) is 26.1 Å². The average molecular weight is 222 g/mol. The second-order valence-electron chi connectivity index (χ2n) is 4.24. The Hall–Kier alpha value is -1.09. The fourth-order valence-corrected chi connectivity index (χ4v) is 2.07. The fraction of sp³-hybridized carbons (Fsp3) is 0.615. The van der Waals surface area contributed by atoms with E-state index in [4.69, 9.17) is 0 Å². The van der Waals surface area contributed by atoms with Crippen LogP contribution in [0.1, 0.15) is 19.8 Å². The molecule has 16 heavy (non-hydrogen) atoms. The quantitative estimate of drug-likeness (QED) is 0.578. The predicted octanol–water partition coefficient (Wildman–Crippen LogP) is 1.58. The minimum atomic E-state index is 0.138. The number of piperidine rings is 1. The molecule has 0 spiro atoms. The Kier molecular flexibility index (Phi) is 5.86. The number of allylic oxidation sites excluding steroid dienone is 3. The highest BCUT2D eigenvalue weighted by molar-refractivity contribution is 5.87. The molecule has 3 nitrogen and oxygen atoms in total. The van der Waals surface area contributed by atoms with E-state index in [-0.39, 0.29) is 5.91 Å². The van der Waals surface area contributed by atoms with Gasteiger partial charge in [-0.25, -0.2) is 0 Å². The smallest absolute Gasteiger partial charge is 0.246 e. The van der Waals surface area contributed by atoms with Gasteiger partial charge < -0.3 is 10.2 Å². The molecule has 1 rings (SSSR count). The van der Waals surface area contributed by atoms with E-state index in [0.29, 0.717) is 5.92 Å². The summed E-state index contributed by atoms with van der Waals surface area (Å²) in [6.45, 7) is 4.74. The summed E-state index contributed by atoms with van der Waals surface area (Å²) in [6.07, 6.45) is 9.61. The lowest BCUT2D eigenvalue weighted by atomic mass is 9.98. The van der Waals surface area contributed by atoms with Gasteiger partial charge in [0.2, 0.25) is 5.91 Å². The van der Waals surface area contributed by atoms with Gasteiger partial charge >= 0.3 is 0 Å². The van der Waals surface area contributed by atoms with Crippen LogP contribution in [0.2, 0.25) is 0 Å². The van der Waals surface area contributed by atoms with Gasteiger partial charge in [-0.1, -0.05) is 18.2 Å². The molecule has 0 aromatic carbocycles. The van der Waals surface area contributed by atoms with Crippen molar-refractivity contribution in [3.63, 3.8) is 0 Å². The van der Waals surface area contributed by atoms with Crippen LogP contribution >= 0.6 is 0 Å². The van der Waals surface area contributed by atoms with Gasteiger partial charge in [-0.3, -0.25) is 4.79 Å². The van der Waals surface area contributed by atoms with Crippen molar-refractivity contribution in [1.29, 1.82) is 0 Å². The zero-order valence-corrected chi connectivity index (χ0v) is 10.3. The van der Waals surface area contributed by atoms with Crippen LogP contribution in [0.5, 0.6) is 0 Å². The lowest BCUT2D eigenvalue weighted by Gasteiger charge is -2.32. The molecule has 1 aliphatic heterocycles. The Bertz CT molecular complexity index is 269. The minimum absolute atomic E-state index is 0.138. The molecular weight excluding hydrogens is 200 g/mol. The summed E-state index contributed by atoms with van der Waals surface area (Å²) in [7, 11) is 1.96. The van der Waals surface area contributed by atoms with Crippen LogP contribution in [0.4, 0.5) is 0 Å². The first-order chi connectivity index (χ1) is 7.77. The number of likely N-dealkylation sites (tertiary alicyclic amines) is 1. The van der Waals surface area contributed by atoms with Crippen molar-refractivity contribution in [2.75, 3.05) is 26.7 Å². The average Bonchev–Trinajstić information content (AvgIpc) is 2.30. The molecule has 3 heteroatoms. The number of hydrogen-bond donors (Lipinski definition) is 1. The van der Waals surface area contributed by atoms with Gasteiger partial charge in [-0.15, -0.1) is 0 Å². The van der Waals surface area contributed by atoms with Gasteiger partial charge in [0.1, 0.15) is 0 Å². The molecule has 0 radical (unpaired) electrons. The topological polar surface area (TPSA) is 32.3 Å². The Morgan fingerprint density at radius 1 is 1.50 bits per heavy atom. The van der Waals surface area contributed by atoms with Crippen LogP contribution in [-0.4, -0.2) is 37.5 Å². The van der Waals surface area contributed by atoms with Crippen LogP contribution in [0.25, 0.3) is 0 Å². The van der Waals surface area contributed by atoms with Crippen LogP contribution in [0.15, 0.2) is 24.3 Å². The van der Waals surface area contributed by atoms with Crippen molar-refractivity contribution < 1.29 is 4.79 Å². The van der Waals surface area contributed by atoms with Gasteiger partial charge in [0.15, 0.2) is 0 Å². The molecular formula is C13H22N2O. The predicted molar refractivity (Wildman–Crippen MR) is 67.2 cm³/mol. The zero-order chi connectivity index (χ0) is 11.8. The van der Waals surface area contributed by atoms with Crippen molar-refractivity contribution in [2.45, 2.75) is 19.8 Å². The monoisotopic (exact) mass is 222 g/mol. The van der Waals surface area contributed by atoms with Crippen LogP contribution in [0, 0.1) is 5.92 Å². The van der Waals surface area contributed by atoms with Crippen LogP contribution < -0.4 is 5.32 Å². The van der Waals surface area contributed by atoms with Crippen LogP contribution in [0.3, 0.4) is 0 Å². The van der Waals surface area contributed by atoms with E-state index in [1.807, 2.05) is 37.1 Å². The Morgan fingerprint density at radius 2 is 2.31 bits per heavy atom. The Morgan fingerprint density at radius 3 is 3.00 bits per heavy atom. The standard InChI is InChI=1S/C13H22N2O/c1-3-4-5-8-13(16)15-9-6-7-12(11-15)10-14-2/h3-5,8,12,14H,6-7,9-11H2,1-2H3. The highest BCUT2D eigenvalue weighted by Gasteiger charge is 2.21. The van der Waals surface area contributed by atoms with E-state index in [2.05, 4.69) is 5.32 Å². The van der Waals surface area contributed by atoms with Gasteiger partial charge in [0, 0.05) is 19.2 Å². The van der Waals surface area contributed by atoms with Crippen molar-refractivity contribution in [2.24, 2.45) is 5.92 Å². The normalized spacial score (nSPS) is 22.1. The summed E-state index contributed by atoms with van der Waals surface area (Å²) in [6, 6.07) is 0. The van der Waals surface area contributed by atoms with E-state index < -0.39 is 0 Å². The molecule has 1 heterocycles. The summed E-state index contributed by atoms with van der Waals surface area (Å²) in [5, 5.41) is 3.18. The molecule has 1 atom stereocenters. The summed E-state index contributed by atoms with van der Waals surface area (Å²) in [5.74, 6) is 0.747. The highest BCUT2D eigenvalue weighted by atomic mass is 16.2. The van der Waals surface area contributed by atoms with Crippen molar-refractivity contribution in [3.05, 3.63) is 24.3 Å². The Labute approximate surface area is 98.2 Å². The molecule has 0 aromatic rings. The summed E-state index contributed by atoms with van der Waals surface area (Å²) in [4.78, 5) is 13.8. The van der Waals surface area contributed by atoms with E-state index >= 15 is 0 Å². The maximum Gasteiger partial charge on any atom is 0.246 e. The van der Waals surface area contributed by atoms with Gasteiger partial charge in [-0.2, -0.15) is 0 Å². The number of carbonyl (C=O) groups is 1. The van der Waals surface area contributed by atoms with E-state index in [1.165, 1.54) is 6.42 Å². The molecule has 1 amide bonds. The second kappa shape index (κ2) is 7.23. The number of nitrogens with one attached hydrogen (secondary N) is 1. The van der Waals surface area contributed by atoms with Crippen molar-refractivity contribution in [3.8, 4) is 0 Å². The third-order valence-corrected chi connectivity index (χ3v) is 2.87. The zero-order valence-electron chi connectivity index (χ0n) is 10.3. The highest BCUT2D eigenvalue weighted by Crippen LogP contribution is 2.15. The summed E-state index contributed by atoms with van der Waals surface area (Å²) < 4.78 is 0. The first-order valence-electron chi connectivity index (χ1n) is 6.00. The lowest BCUT2D eigenvalue weighted by Crippen LogP contribution is -2.41. The molecule has 0 aliphatic carbocycles. The number of carbonyl (C=O) groups excluding carboxylic acids is 1. The molecule has 0 bridgehead atoms. The summed E-state index contributed by atoms with van der Waals surface area (Å²) >= 11 is 0. The van der Waals surface area contributed by atoms with Crippen molar-refractivity contribution in [1.82, 2.24) is 10.2 Å². The fourth-order valence-electron chi connectivity index (χ4n) is 2.07. The molecule has 1 saturated heterocycles. The third kappa shape index (κ3) is 4.19. The maximum atomic E-state index is 11.8. The molecule has 1 aliphatic rings. The van der Waals surface area contributed by atoms with Gasteiger partial charge in [0.25, 0.3) is 0 Å². The first kappa shape index (κ1) is 13.0. The molecule has 0 saturated carbocycles. The first-order valence-corrected chi connectivity index (χ1v) is 6.00. The molecule has 1 N–H and O–H groups in total. The third-order valence-electron chi connectivity index (χ3n) is 2.87. The molecule has 0 aromatic heterocycles. The minimum Gasteiger partial charge on any atom is -0.339 e. The lowest BCUT2D eigenvalue weighted by molar-refractivity contribution is -0.127.